The average Bonchev–Trinajstić information content (AvgIpc) is 2.73. The fraction of sp³-hybridized carbons (Fsp3) is 0.545. The minimum absolute atomic E-state index is 0.167. The Labute approximate surface area is 104 Å². The lowest BCUT2D eigenvalue weighted by Crippen LogP contribution is -2.28. The van der Waals surface area contributed by atoms with Crippen LogP contribution in [0.1, 0.15) is 18.7 Å². The summed E-state index contributed by atoms with van der Waals surface area (Å²) in [6.07, 6.45) is 3.29. The van der Waals surface area contributed by atoms with Crippen molar-refractivity contribution in [1.29, 1.82) is 0 Å². The number of aromatic nitrogens is 4. The maximum Gasteiger partial charge on any atom is 0.224 e. The van der Waals surface area contributed by atoms with Crippen molar-refractivity contribution >= 4 is 22.9 Å². The van der Waals surface area contributed by atoms with Crippen LogP contribution in [-0.2, 0) is 6.42 Å². The highest BCUT2D eigenvalue weighted by atomic mass is 15.1. The predicted molar refractivity (Wildman–Crippen MR) is 69.8 cm³/mol. The number of hydrogen-bond donors (Lipinski definition) is 4. The molecule has 2 aromatic heterocycles. The van der Waals surface area contributed by atoms with E-state index in [0.717, 1.165) is 25.3 Å². The number of nitrogen functional groups attached to an aromatic ring is 2. The molecule has 0 radical (unpaired) electrons. The zero-order chi connectivity index (χ0) is 12.5. The number of H-pyrrole nitrogens is 1. The largest absolute Gasteiger partial charge is 0.382 e. The quantitative estimate of drug-likeness (QED) is 0.596. The van der Waals surface area contributed by atoms with Crippen molar-refractivity contribution in [3.63, 3.8) is 0 Å². The average molecular weight is 247 g/mol. The molecule has 0 spiro atoms. The highest BCUT2D eigenvalue weighted by Gasteiger charge is 2.16. The van der Waals surface area contributed by atoms with Crippen molar-refractivity contribution < 1.29 is 0 Å². The zero-order valence-corrected chi connectivity index (χ0v) is 10.1. The molecule has 0 unspecified atom stereocenters. The molecular weight excluding hydrogens is 230 g/mol. The highest BCUT2D eigenvalue weighted by Crippen LogP contribution is 2.20. The number of piperidine rings is 1. The van der Waals surface area contributed by atoms with Crippen LogP contribution in [0.2, 0.25) is 0 Å². The first kappa shape index (κ1) is 11.2. The Bertz CT molecular complexity index is 556. The van der Waals surface area contributed by atoms with Crippen LogP contribution in [0.3, 0.4) is 0 Å². The Balaban J connectivity index is 1.86. The van der Waals surface area contributed by atoms with Crippen LogP contribution >= 0.6 is 0 Å². The second kappa shape index (κ2) is 4.41. The van der Waals surface area contributed by atoms with Gasteiger partial charge in [0.2, 0.25) is 5.95 Å². The first-order valence-corrected chi connectivity index (χ1v) is 6.20. The van der Waals surface area contributed by atoms with E-state index in [2.05, 4.69) is 25.3 Å². The molecule has 0 atom stereocenters. The van der Waals surface area contributed by atoms with Crippen molar-refractivity contribution in [2.45, 2.75) is 19.3 Å². The van der Waals surface area contributed by atoms with E-state index in [1.165, 1.54) is 12.8 Å². The van der Waals surface area contributed by atoms with E-state index in [1.807, 2.05) is 0 Å². The molecule has 1 aliphatic rings. The Morgan fingerprint density at radius 1 is 1.11 bits per heavy atom. The SMILES string of the molecule is Nc1nc(N)c2[nH]c(CC3CCNCC3)nc2n1. The third-order valence-electron chi connectivity index (χ3n) is 3.39. The Kier molecular flexibility index (Phi) is 2.75. The fourth-order valence-corrected chi connectivity index (χ4v) is 2.44. The molecule has 0 aromatic carbocycles. The summed E-state index contributed by atoms with van der Waals surface area (Å²) in [7, 11) is 0. The number of hydrogen-bond acceptors (Lipinski definition) is 6. The number of anilines is 2. The van der Waals surface area contributed by atoms with Crippen LogP contribution in [0.25, 0.3) is 11.2 Å². The van der Waals surface area contributed by atoms with E-state index in [4.69, 9.17) is 11.5 Å². The normalized spacial score (nSPS) is 17.3. The molecule has 3 rings (SSSR count). The lowest BCUT2D eigenvalue weighted by Gasteiger charge is -2.21. The maximum atomic E-state index is 5.79. The maximum absolute atomic E-state index is 5.79. The third kappa shape index (κ3) is 2.08. The third-order valence-corrected chi connectivity index (χ3v) is 3.39. The van der Waals surface area contributed by atoms with Crippen LogP contribution in [0.15, 0.2) is 0 Å². The minimum atomic E-state index is 0.167. The molecule has 18 heavy (non-hydrogen) atoms. The van der Waals surface area contributed by atoms with Crippen LogP contribution in [0, 0.1) is 5.92 Å². The molecule has 96 valence electrons. The predicted octanol–water partition coefficient (Wildman–Crippen LogP) is 0.0594. The Hall–Kier alpha value is -1.89. The van der Waals surface area contributed by atoms with E-state index in [0.29, 0.717) is 22.9 Å². The van der Waals surface area contributed by atoms with Crippen LogP contribution < -0.4 is 16.8 Å². The molecule has 1 aliphatic heterocycles. The van der Waals surface area contributed by atoms with Gasteiger partial charge in [-0.25, -0.2) is 4.98 Å². The summed E-state index contributed by atoms with van der Waals surface area (Å²) in [5, 5.41) is 3.35. The second-order valence-corrected chi connectivity index (χ2v) is 4.75. The standard InChI is InChI=1S/C11H17N7/c12-9-8-10(18-11(13)17-9)16-7(15-8)5-6-1-3-14-4-2-6/h6,14H,1-5H2,(H5,12,13,15,16,17,18). The fourth-order valence-electron chi connectivity index (χ4n) is 2.44. The van der Waals surface area contributed by atoms with Gasteiger partial charge in [-0.15, -0.1) is 0 Å². The van der Waals surface area contributed by atoms with Gasteiger partial charge < -0.3 is 21.8 Å². The van der Waals surface area contributed by atoms with Gasteiger partial charge in [0.05, 0.1) is 0 Å². The van der Waals surface area contributed by atoms with Gasteiger partial charge in [0.15, 0.2) is 11.5 Å². The smallest absolute Gasteiger partial charge is 0.224 e. The lowest BCUT2D eigenvalue weighted by molar-refractivity contribution is 0.368. The molecule has 1 fully saturated rings. The molecule has 0 bridgehead atoms. The van der Waals surface area contributed by atoms with E-state index < -0.39 is 0 Å². The van der Waals surface area contributed by atoms with Gasteiger partial charge in [0, 0.05) is 6.42 Å². The molecule has 6 N–H and O–H groups in total. The molecule has 2 aromatic rings. The minimum Gasteiger partial charge on any atom is -0.382 e. The molecule has 0 amide bonds. The van der Waals surface area contributed by atoms with Crippen LogP contribution in [-0.4, -0.2) is 33.0 Å². The molecular formula is C11H17N7. The first-order valence-electron chi connectivity index (χ1n) is 6.20. The summed E-state index contributed by atoms with van der Waals surface area (Å²) < 4.78 is 0. The molecule has 3 heterocycles. The molecule has 7 nitrogen and oxygen atoms in total. The highest BCUT2D eigenvalue weighted by molar-refractivity contribution is 5.82. The number of imidazole rings is 1. The summed E-state index contributed by atoms with van der Waals surface area (Å²) in [6.45, 7) is 2.17. The van der Waals surface area contributed by atoms with Gasteiger partial charge in [-0.2, -0.15) is 9.97 Å². The van der Waals surface area contributed by atoms with Crippen molar-refractivity contribution in [2.75, 3.05) is 24.6 Å². The summed E-state index contributed by atoms with van der Waals surface area (Å²) in [6, 6.07) is 0. The van der Waals surface area contributed by atoms with Gasteiger partial charge in [-0.05, 0) is 31.8 Å². The summed E-state index contributed by atoms with van der Waals surface area (Å²) >= 11 is 0. The first-order chi connectivity index (χ1) is 8.72. The Morgan fingerprint density at radius 3 is 2.67 bits per heavy atom. The lowest BCUT2D eigenvalue weighted by atomic mass is 9.94. The van der Waals surface area contributed by atoms with E-state index in [9.17, 15) is 0 Å². The summed E-state index contributed by atoms with van der Waals surface area (Å²) in [5.41, 5.74) is 12.6. The van der Waals surface area contributed by atoms with Gasteiger partial charge in [-0.1, -0.05) is 0 Å². The second-order valence-electron chi connectivity index (χ2n) is 4.75. The number of fused-ring (bicyclic) bond motifs is 1. The van der Waals surface area contributed by atoms with Crippen molar-refractivity contribution in [2.24, 2.45) is 5.92 Å². The van der Waals surface area contributed by atoms with Crippen molar-refractivity contribution in [3.8, 4) is 0 Å². The van der Waals surface area contributed by atoms with Gasteiger partial charge in [-0.3, -0.25) is 0 Å². The summed E-state index contributed by atoms with van der Waals surface area (Å²) in [4.78, 5) is 15.6. The van der Waals surface area contributed by atoms with Crippen molar-refractivity contribution in [3.05, 3.63) is 5.82 Å². The number of nitrogens with one attached hydrogen (secondary N) is 2. The molecule has 0 aliphatic carbocycles. The van der Waals surface area contributed by atoms with Gasteiger partial charge in [0.25, 0.3) is 0 Å². The van der Waals surface area contributed by atoms with E-state index in [1.54, 1.807) is 0 Å². The Morgan fingerprint density at radius 2 is 1.89 bits per heavy atom. The zero-order valence-electron chi connectivity index (χ0n) is 10.1. The van der Waals surface area contributed by atoms with Crippen LogP contribution in [0.4, 0.5) is 11.8 Å². The number of nitrogens with two attached hydrogens (primary N) is 2. The van der Waals surface area contributed by atoms with E-state index >= 15 is 0 Å². The number of nitrogens with zero attached hydrogens (tertiary/aromatic N) is 3. The molecule has 7 heteroatoms. The number of rotatable bonds is 2. The monoisotopic (exact) mass is 247 g/mol. The van der Waals surface area contributed by atoms with Gasteiger partial charge in [0.1, 0.15) is 11.3 Å². The van der Waals surface area contributed by atoms with E-state index in [-0.39, 0.29) is 5.95 Å². The van der Waals surface area contributed by atoms with Crippen LogP contribution in [0.5, 0.6) is 0 Å². The number of aromatic amines is 1. The molecule has 1 saturated heterocycles. The van der Waals surface area contributed by atoms with Crippen molar-refractivity contribution in [1.82, 2.24) is 25.3 Å². The topological polar surface area (TPSA) is 119 Å². The van der Waals surface area contributed by atoms with Gasteiger partial charge >= 0.3 is 0 Å². The summed E-state index contributed by atoms with van der Waals surface area (Å²) in [5.74, 6) is 2.11. The molecule has 0 saturated carbocycles.